The summed E-state index contributed by atoms with van der Waals surface area (Å²) in [7, 11) is 1.34. The first-order chi connectivity index (χ1) is 7.15. The molecule has 0 aromatic carbocycles. The van der Waals surface area contributed by atoms with E-state index in [4.69, 9.17) is 0 Å². The SMILES string of the molecule is COC(=O)C(NC(C)=O)C1C=CCCC1. The molecule has 1 amide bonds. The maximum Gasteiger partial charge on any atom is 0.328 e. The Balaban J connectivity index is 2.69. The van der Waals surface area contributed by atoms with Crippen LogP contribution >= 0.6 is 0 Å². The molecule has 1 rings (SSSR count). The highest BCUT2D eigenvalue weighted by atomic mass is 16.5. The van der Waals surface area contributed by atoms with Crippen LogP contribution in [0.2, 0.25) is 0 Å². The number of amides is 1. The molecule has 1 aliphatic rings. The van der Waals surface area contributed by atoms with Gasteiger partial charge in [0.1, 0.15) is 6.04 Å². The highest BCUT2D eigenvalue weighted by molar-refractivity contribution is 5.83. The van der Waals surface area contributed by atoms with Gasteiger partial charge in [-0.05, 0) is 19.3 Å². The fourth-order valence-corrected chi connectivity index (χ4v) is 1.80. The van der Waals surface area contributed by atoms with Crippen molar-refractivity contribution in [1.29, 1.82) is 0 Å². The van der Waals surface area contributed by atoms with Gasteiger partial charge in [0.2, 0.25) is 5.91 Å². The van der Waals surface area contributed by atoms with Gasteiger partial charge in [0.05, 0.1) is 7.11 Å². The molecular formula is C11H17NO3. The molecule has 15 heavy (non-hydrogen) atoms. The van der Waals surface area contributed by atoms with Crippen molar-refractivity contribution in [3.63, 3.8) is 0 Å². The van der Waals surface area contributed by atoms with Crippen molar-refractivity contribution in [3.05, 3.63) is 12.2 Å². The number of allylic oxidation sites excluding steroid dienone is 1. The minimum atomic E-state index is -0.538. The highest BCUT2D eigenvalue weighted by Crippen LogP contribution is 2.21. The van der Waals surface area contributed by atoms with Gasteiger partial charge in [-0.1, -0.05) is 12.2 Å². The first kappa shape index (κ1) is 11.8. The third-order valence-corrected chi connectivity index (χ3v) is 2.53. The maximum atomic E-state index is 11.5. The van der Waals surface area contributed by atoms with Crippen molar-refractivity contribution in [1.82, 2.24) is 5.32 Å². The number of carbonyl (C=O) groups excluding carboxylic acids is 2. The smallest absolute Gasteiger partial charge is 0.328 e. The van der Waals surface area contributed by atoms with Crippen molar-refractivity contribution in [3.8, 4) is 0 Å². The number of rotatable bonds is 3. The van der Waals surface area contributed by atoms with Crippen molar-refractivity contribution in [2.24, 2.45) is 5.92 Å². The predicted molar refractivity (Wildman–Crippen MR) is 56.1 cm³/mol. The normalized spacial score (nSPS) is 21.9. The van der Waals surface area contributed by atoms with Crippen LogP contribution in [0.3, 0.4) is 0 Å². The van der Waals surface area contributed by atoms with Crippen LogP contribution in [0.5, 0.6) is 0 Å². The van der Waals surface area contributed by atoms with Gasteiger partial charge in [0, 0.05) is 12.8 Å². The minimum Gasteiger partial charge on any atom is -0.467 e. The molecule has 84 valence electrons. The summed E-state index contributed by atoms with van der Waals surface area (Å²) in [6.45, 7) is 1.41. The zero-order chi connectivity index (χ0) is 11.3. The molecule has 0 radical (unpaired) electrons. The van der Waals surface area contributed by atoms with Crippen LogP contribution in [-0.2, 0) is 14.3 Å². The topological polar surface area (TPSA) is 55.4 Å². The van der Waals surface area contributed by atoms with Gasteiger partial charge in [-0.25, -0.2) is 4.79 Å². The van der Waals surface area contributed by atoms with Gasteiger partial charge in [0.25, 0.3) is 0 Å². The number of methoxy groups -OCH3 is 1. The molecule has 0 spiro atoms. The van der Waals surface area contributed by atoms with Gasteiger partial charge in [-0.2, -0.15) is 0 Å². The first-order valence-corrected chi connectivity index (χ1v) is 5.16. The molecule has 0 aliphatic heterocycles. The van der Waals surface area contributed by atoms with E-state index in [0.717, 1.165) is 19.3 Å². The summed E-state index contributed by atoms with van der Waals surface area (Å²) < 4.78 is 4.68. The van der Waals surface area contributed by atoms with Gasteiger partial charge >= 0.3 is 5.97 Å². The fourth-order valence-electron chi connectivity index (χ4n) is 1.80. The van der Waals surface area contributed by atoms with Crippen molar-refractivity contribution < 1.29 is 14.3 Å². The van der Waals surface area contributed by atoms with Gasteiger partial charge in [-0.15, -0.1) is 0 Å². The Morgan fingerprint density at radius 2 is 2.27 bits per heavy atom. The van der Waals surface area contributed by atoms with Crippen molar-refractivity contribution in [2.45, 2.75) is 32.2 Å². The third kappa shape index (κ3) is 3.38. The summed E-state index contributed by atoms with van der Waals surface area (Å²) in [5.74, 6) is -0.513. The van der Waals surface area contributed by atoms with Crippen molar-refractivity contribution >= 4 is 11.9 Å². The lowest BCUT2D eigenvalue weighted by Crippen LogP contribution is -2.45. The monoisotopic (exact) mass is 211 g/mol. The molecule has 0 saturated carbocycles. The van der Waals surface area contributed by atoms with E-state index < -0.39 is 6.04 Å². The number of carbonyl (C=O) groups is 2. The van der Waals surface area contributed by atoms with Crippen LogP contribution in [0.25, 0.3) is 0 Å². The second-order valence-corrected chi connectivity index (χ2v) is 3.72. The Kier molecular flexibility index (Phi) is 4.34. The lowest BCUT2D eigenvalue weighted by Gasteiger charge is -2.25. The van der Waals surface area contributed by atoms with Crippen LogP contribution in [0.1, 0.15) is 26.2 Å². The highest BCUT2D eigenvalue weighted by Gasteiger charge is 2.28. The van der Waals surface area contributed by atoms with E-state index in [0.29, 0.717) is 0 Å². The molecule has 0 fully saturated rings. The number of esters is 1. The molecule has 0 aromatic heterocycles. The fraction of sp³-hybridized carbons (Fsp3) is 0.636. The molecule has 0 bridgehead atoms. The predicted octanol–water partition coefficient (Wildman–Crippen LogP) is 1.02. The zero-order valence-electron chi connectivity index (χ0n) is 9.16. The number of hydrogen-bond donors (Lipinski definition) is 1. The van der Waals surface area contributed by atoms with E-state index in [-0.39, 0.29) is 17.8 Å². The molecular weight excluding hydrogens is 194 g/mol. The van der Waals surface area contributed by atoms with E-state index in [1.807, 2.05) is 12.2 Å². The summed E-state index contributed by atoms with van der Waals surface area (Å²) >= 11 is 0. The minimum absolute atomic E-state index is 0.0649. The second-order valence-electron chi connectivity index (χ2n) is 3.72. The standard InChI is InChI=1S/C11H17NO3/c1-8(13)12-10(11(14)15-2)9-6-4-3-5-7-9/h4,6,9-10H,3,5,7H2,1-2H3,(H,12,13). The largest absolute Gasteiger partial charge is 0.467 e. The Hall–Kier alpha value is -1.32. The van der Waals surface area contributed by atoms with Crippen LogP contribution in [0.4, 0.5) is 0 Å². The Morgan fingerprint density at radius 3 is 2.73 bits per heavy atom. The molecule has 0 aromatic rings. The van der Waals surface area contributed by atoms with Crippen molar-refractivity contribution in [2.75, 3.05) is 7.11 Å². The third-order valence-electron chi connectivity index (χ3n) is 2.53. The Labute approximate surface area is 89.7 Å². The van der Waals surface area contributed by atoms with E-state index >= 15 is 0 Å². The molecule has 1 N–H and O–H groups in total. The molecule has 4 heteroatoms. The molecule has 0 saturated heterocycles. The Morgan fingerprint density at radius 1 is 1.53 bits per heavy atom. The van der Waals surface area contributed by atoms with E-state index in [1.54, 1.807) is 0 Å². The molecule has 1 aliphatic carbocycles. The van der Waals surface area contributed by atoms with Gasteiger partial charge < -0.3 is 10.1 Å². The molecule has 0 heterocycles. The molecule has 4 nitrogen and oxygen atoms in total. The number of ether oxygens (including phenoxy) is 1. The van der Waals surface area contributed by atoms with Gasteiger partial charge in [0.15, 0.2) is 0 Å². The average molecular weight is 211 g/mol. The summed E-state index contributed by atoms with van der Waals surface area (Å²) in [5, 5.41) is 2.64. The quantitative estimate of drug-likeness (QED) is 0.560. The lowest BCUT2D eigenvalue weighted by molar-refractivity contribution is -0.146. The van der Waals surface area contributed by atoms with Crippen LogP contribution in [0.15, 0.2) is 12.2 Å². The van der Waals surface area contributed by atoms with Crippen LogP contribution < -0.4 is 5.32 Å². The summed E-state index contributed by atoms with van der Waals surface area (Å²) in [4.78, 5) is 22.5. The Bertz CT molecular complexity index is 273. The van der Waals surface area contributed by atoms with E-state index in [1.165, 1.54) is 14.0 Å². The lowest BCUT2D eigenvalue weighted by atomic mass is 9.89. The summed E-state index contributed by atoms with van der Waals surface area (Å²) in [6.07, 6.45) is 7.04. The summed E-state index contributed by atoms with van der Waals surface area (Å²) in [6, 6.07) is -0.538. The maximum absolute atomic E-state index is 11.5. The van der Waals surface area contributed by atoms with E-state index in [2.05, 4.69) is 10.1 Å². The van der Waals surface area contributed by atoms with Crippen LogP contribution in [0, 0.1) is 5.92 Å². The first-order valence-electron chi connectivity index (χ1n) is 5.16. The van der Waals surface area contributed by atoms with E-state index in [9.17, 15) is 9.59 Å². The molecule has 2 unspecified atom stereocenters. The number of nitrogens with one attached hydrogen (secondary N) is 1. The molecule has 2 atom stereocenters. The second kappa shape index (κ2) is 5.53. The zero-order valence-corrected chi connectivity index (χ0v) is 9.16. The number of hydrogen-bond acceptors (Lipinski definition) is 3. The summed E-state index contributed by atoms with van der Waals surface area (Å²) in [5.41, 5.74) is 0. The average Bonchev–Trinajstić information content (AvgIpc) is 2.26. The van der Waals surface area contributed by atoms with Gasteiger partial charge in [-0.3, -0.25) is 4.79 Å². The van der Waals surface area contributed by atoms with Crippen LogP contribution in [-0.4, -0.2) is 25.0 Å².